The molecule has 9 aromatic carbocycles. The number of hydrogen-bond acceptors (Lipinski definition) is 2. The Bertz CT molecular complexity index is 2590. The van der Waals surface area contributed by atoms with Crippen LogP contribution in [0.3, 0.4) is 0 Å². The molecule has 256 valence electrons. The van der Waals surface area contributed by atoms with Crippen LogP contribution in [0.2, 0.25) is 0 Å². The Morgan fingerprint density at radius 3 is 1.00 bits per heavy atom. The largest absolute Gasteiger partial charge is 0.311 e. The molecule has 0 unspecified atom stereocenters. The highest BCUT2D eigenvalue weighted by Crippen LogP contribution is 2.42. The second kappa shape index (κ2) is 14.8. The Morgan fingerprint density at radius 2 is 0.519 bits per heavy atom. The molecular weight excluding hydrogens is 653 g/mol. The smallest absolute Gasteiger partial charge is 0.0540 e. The average Bonchev–Trinajstić information content (AvgIpc) is 3.26. The number of para-hydroxylation sites is 1. The molecule has 54 heavy (non-hydrogen) atoms. The van der Waals surface area contributed by atoms with Crippen LogP contribution in [0.4, 0.5) is 34.1 Å². The summed E-state index contributed by atoms with van der Waals surface area (Å²) in [4.78, 5) is 4.69. The van der Waals surface area contributed by atoms with Gasteiger partial charge in [-0.3, -0.25) is 0 Å². The van der Waals surface area contributed by atoms with Crippen LogP contribution in [0.1, 0.15) is 0 Å². The van der Waals surface area contributed by atoms with Gasteiger partial charge in [-0.1, -0.05) is 164 Å². The van der Waals surface area contributed by atoms with Crippen LogP contribution in [-0.2, 0) is 0 Å². The van der Waals surface area contributed by atoms with Crippen molar-refractivity contribution in [2.45, 2.75) is 0 Å². The first kappa shape index (κ1) is 32.7. The van der Waals surface area contributed by atoms with Gasteiger partial charge >= 0.3 is 0 Å². The average molecular weight is 691 g/mol. The second-order valence-electron chi connectivity index (χ2n) is 13.4. The maximum Gasteiger partial charge on any atom is 0.0540 e. The first-order valence-electron chi connectivity index (χ1n) is 18.4. The van der Waals surface area contributed by atoms with Crippen LogP contribution in [-0.4, -0.2) is 0 Å². The molecule has 9 rings (SSSR count). The highest BCUT2D eigenvalue weighted by atomic mass is 15.2. The van der Waals surface area contributed by atoms with Crippen LogP contribution >= 0.6 is 0 Å². The molecule has 0 saturated carbocycles. The molecule has 0 radical (unpaired) electrons. The predicted molar refractivity (Wildman–Crippen MR) is 230 cm³/mol. The molecule has 0 atom stereocenters. The number of hydrogen-bond donors (Lipinski definition) is 0. The lowest BCUT2D eigenvalue weighted by atomic mass is 10.00. The zero-order valence-electron chi connectivity index (χ0n) is 29.8. The number of anilines is 6. The van der Waals surface area contributed by atoms with Crippen molar-refractivity contribution < 1.29 is 0 Å². The van der Waals surface area contributed by atoms with Crippen LogP contribution < -0.4 is 9.80 Å². The Kier molecular flexibility index (Phi) is 8.99. The van der Waals surface area contributed by atoms with Gasteiger partial charge in [-0.05, 0) is 105 Å². The minimum absolute atomic E-state index is 1.08. The van der Waals surface area contributed by atoms with Crippen molar-refractivity contribution in [1.82, 2.24) is 0 Å². The first-order valence-corrected chi connectivity index (χ1v) is 18.4. The molecule has 0 aliphatic heterocycles. The van der Waals surface area contributed by atoms with Gasteiger partial charge in [0.15, 0.2) is 0 Å². The van der Waals surface area contributed by atoms with Gasteiger partial charge in [0.05, 0.1) is 5.69 Å². The SMILES string of the molecule is c1ccc(-c2ccc(-c3ccc(N(c4ccc(-c5ccccc5)cc4)c4ccc(N(c5ccccc5)c5cccc6ccccc56)cc4)cc3)cc2)cc1. The summed E-state index contributed by atoms with van der Waals surface area (Å²) < 4.78 is 0. The summed E-state index contributed by atoms with van der Waals surface area (Å²) in [5.74, 6) is 0. The Balaban J connectivity index is 1.09. The fourth-order valence-electron chi connectivity index (χ4n) is 7.33. The van der Waals surface area contributed by atoms with E-state index in [0.717, 1.165) is 34.1 Å². The third-order valence-electron chi connectivity index (χ3n) is 10.1. The number of rotatable bonds is 9. The first-order chi connectivity index (χ1) is 26.8. The minimum Gasteiger partial charge on any atom is -0.311 e. The van der Waals surface area contributed by atoms with E-state index in [0.29, 0.717) is 0 Å². The van der Waals surface area contributed by atoms with Crippen LogP contribution in [0.25, 0.3) is 44.2 Å². The molecule has 0 heterocycles. The van der Waals surface area contributed by atoms with E-state index in [9.17, 15) is 0 Å². The van der Waals surface area contributed by atoms with E-state index < -0.39 is 0 Å². The van der Waals surface area contributed by atoms with Gasteiger partial charge in [-0.15, -0.1) is 0 Å². The molecule has 0 aliphatic carbocycles. The van der Waals surface area contributed by atoms with Crippen molar-refractivity contribution >= 4 is 44.9 Å². The highest BCUT2D eigenvalue weighted by molar-refractivity contribution is 5.99. The normalized spacial score (nSPS) is 11.0. The van der Waals surface area contributed by atoms with Gasteiger partial charge in [0.25, 0.3) is 0 Å². The van der Waals surface area contributed by atoms with Gasteiger partial charge in [-0.25, -0.2) is 0 Å². The second-order valence-corrected chi connectivity index (χ2v) is 13.4. The molecule has 9 aromatic rings. The van der Waals surface area contributed by atoms with Crippen molar-refractivity contribution in [2.24, 2.45) is 0 Å². The Labute approximate surface area is 317 Å². The summed E-state index contributed by atoms with van der Waals surface area (Å²) in [5, 5.41) is 2.43. The lowest BCUT2D eigenvalue weighted by Crippen LogP contribution is -2.12. The number of nitrogens with zero attached hydrogens (tertiary/aromatic N) is 2. The van der Waals surface area contributed by atoms with Gasteiger partial charge in [-0.2, -0.15) is 0 Å². The Morgan fingerprint density at radius 1 is 0.204 bits per heavy atom. The highest BCUT2D eigenvalue weighted by Gasteiger charge is 2.18. The molecule has 0 amide bonds. The van der Waals surface area contributed by atoms with Gasteiger partial charge < -0.3 is 9.80 Å². The quantitative estimate of drug-likeness (QED) is 0.149. The fourth-order valence-corrected chi connectivity index (χ4v) is 7.33. The molecule has 0 aromatic heterocycles. The predicted octanol–water partition coefficient (Wildman–Crippen LogP) is 14.8. The fraction of sp³-hybridized carbons (Fsp3) is 0. The van der Waals surface area contributed by atoms with Gasteiger partial charge in [0.1, 0.15) is 0 Å². The molecule has 2 nitrogen and oxygen atoms in total. The minimum atomic E-state index is 1.08. The van der Waals surface area contributed by atoms with Crippen LogP contribution in [0, 0.1) is 0 Å². The summed E-state index contributed by atoms with van der Waals surface area (Å²) in [6.07, 6.45) is 0. The van der Waals surface area contributed by atoms with Crippen molar-refractivity contribution in [2.75, 3.05) is 9.80 Å². The zero-order chi connectivity index (χ0) is 36.1. The van der Waals surface area contributed by atoms with Crippen molar-refractivity contribution in [3.63, 3.8) is 0 Å². The summed E-state index contributed by atoms with van der Waals surface area (Å²) >= 11 is 0. The summed E-state index contributed by atoms with van der Waals surface area (Å²) in [7, 11) is 0. The molecule has 0 aliphatic rings. The molecular formula is C52H38N2. The standard InChI is InChI=1S/C52H38N2/c1-4-13-39(14-5-1)41-23-25-42(26-24-41)44-29-33-48(34-30-44)53(47-31-27-43(28-32-47)40-15-6-2-7-16-40)49-35-37-50(38-36-49)54(46-19-8-3-9-20-46)52-22-12-18-45-17-10-11-21-51(45)52/h1-38H. The van der Waals surface area contributed by atoms with E-state index >= 15 is 0 Å². The van der Waals surface area contributed by atoms with E-state index in [-0.39, 0.29) is 0 Å². The summed E-state index contributed by atoms with van der Waals surface area (Å²) in [5.41, 5.74) is 13.8. The third-order valence-corrected chi connectivity index (χ3v) is 10.1. The van der Waals surface area contributed by atoms with Crippen molar-refractivity contribution in [3.8, 4) is 33.4 Å². The number of fused-ring (bicyclic) bond motifs is 1. The molecule has 2 heteroatoms. The number of benzene rings is 9. The van der Waals surface area contributed by atoms with Crippen molar-refractivity contribution in [1.29, 1.82) is 0 Å². The van der Waals surface area contributed by atoms with E-state index in [1.807, 2.05) is 0 Å². The molecule has 0 bridgehead atoms. The topological polar surface area (TPSA) is 6.48 Å². The Hall–Kier alpha value is -7.16. The van der Waals surface area contributed by atoms with E-state index in [4.69, 9.17) is 0 Å². The molecule has 0 saturated heterocycles. The van der Waals surface area contributed by atoms with Crippen LogP contribution in [0.15, 0.2) is 231 Å². The van der Waals surface area contributed by atoms with E-state index in [1.165, 1.54) is 44.2 Å². The zero-order valence-corrected chi connectivity index (χ0v) is 29.8. The summed E-state index contributed by atoms with van der Waals surface area (Å²) in [6.45, 7) is 0. The summed E-state index contributed by atoms with van der Waals surface area (Å²) in [6, 6.07) is 82.4. The lowest BCUT2D eigenvalue weighted by Gasteiger charge is -2.29. The maximum atomic E-state index is 2.35. The van der Waals surface area contributed by atoms with E-state index in [2.05, 4.69) is 240 Å². The van der Waals surface area contributed by atoms with Gasteiger partial charge in [0, 0.05) is 33.8 Å². The molecule has 0 N–H and O–H groups in total. The molecule has 0 fully saturated rings. The van der Waals surface area contributed by atoms with Crippen molar-refractivity contribution in [3.05, 3.63) is 231 Å². The monoisotopic (exact) mass is 690 g/mol. The van der Waals surface area contributed by atoms with Crippen LogP contribution in [0.5, 0.6) is 0 Å². The lowest BCUT2D eigenvalue weighted by molar-refractivity contribution is 1.26. The molecule has 0 spiro atoms. The van der Waals surface area contributed by atoms with Gasteiger partial charge in [0.2, 0.25) is 0 Å². The van der Waals surface area contributed by atoms with E-state index in [1.54, 1.807) is 0 Å². The third kappa shape index (κ3) is 6.65. The maximum absolute atomic E-state index is 2.35.